The van der Waals surface area contributed by atoms with Crippen LogP contribution < -0.4 is 10.5 Å². The van der Waals surface area contributed by atoms with Gasteiger partial charge in [0.15, 0.2) is 0 Å². The van der Waals surface area contributed by atoms with Gasteiger partial charge in [-0.25, -0.2) is 4.98 Å². The van der Waals surface area contributed by atoms with E-state index in [1.165, 1.54) is 12.3 Å². The van der Waals surface area contributed by atoms with Crippen LogP contribution in [0.3, 0.4) is 0 Å². The highest BCUT2D eigenvalue weighted by Gasteiger charge is 2.12. The highest BCUT2D eigenvalue weighted by Crippen LogP contribution is 2.35. The summed E-state index contributed by atoms with van der Waals surface area (Å²) in [6.07, 6.45) is 1.49. The van der Waals surface area contributed by atoms with Gasteiger partial charge in [-0.15, -0.1) is 0 Å². The Morgan fingerprint density at radius 2 is 1.86 bits per heavy atom. The number of halogens is 1. The fraction of sp³-hybridized carbons (Fsp3) is 0. The maximum atomic E-state index is 8.98. The van der Waals surface area contributed by atoms with E-state index in [9.17, 15) is 0 Å². The SMILES string of the molecule is N#Cc1ccnc(Oc2ccc(N)c3ccccc23)c1Cl. The van der Waals surface area contributed by atoms with Crippen LogP contribution in [0.1, 0.15) is 5.56 Å². The first-order chi connectivity index (χ1) is 10.2. The number of aromatic nitrogens is 1. The summed E-state index contributed by atoms with van der Waals surface area (Å²) in [6, 6.07) is 14.7. The molecule has 3 rings (SSSR count). The van der Waals surface area contributed by atoms with Crippen LogP contribution in [0.25, 0.3) is 10.8 Å². The van der Waals surface area contributed by atoms with Crippen molar-refractivity contribution in [3.05, 3.63) is 59.2 Å². The fourth-order valence-corrected chi connectivity index (χ4v) is 2.26. The Morgan fingerprint density at radius 1 is 1.10 bits per heavy atom. The molecule has 2 aromatic carbocycles. The van der Waals surface area contributed by atoms with E-state index in [-0.39, 0.29) is 10.9 Å². The van der Waals surface area contributed by atoms with Crippen molar-refractivity contribution in [3.8, 4) is 17.7 Å². The second kappa shape index (κ2) is 5.31. The minimum absolute atomic E-state index is 0.195. The zero-order valence-electron chi connectivity index (χ0n) is 10.9. The molecular formula is C16H10ClN3O. The number of rotatable bonds is 2. The van der Waals surface area contributed by atoms with Crippen molar-refractivity contribution >= 4 is 28.1 Å². The lowest BCUT2D eigenvalue weighted by molar-refractivity contribution is 0.468. The second-order valence-electron chi connectivity index (χ2n) is 4.39. The third-order valence-electron chi connectivity index (χ3n) is 3.10. The minimum atomic E-state index is 0.195. The van der Waals surface area contributed by atoms with E-state index in [0.29, 0.717) is 17.0 Å². The number of nitrogen functional groups attached to an aromatic ring is 1. The van der Waals surface area contributed by atoms with Crippen molar-refractivity contribution in [3.63, 3.8) is 0 Å². The molecule has 4 nitrogen and oxygen atoms in total. The summed E-state index contributed by atoms with van der Waals surface area (Å²) in [7, 11) is 0. The van der Waals surface area contributed by atoms with Gasteiger partial charge in [-0.2, -0.15) is 5.26 Å². The molecule has 1 heterocycles. The van der Waals surface area contributed by atoms with Gasteiger partial charge >= 0.3 is 0 Å². The van der Waals surface area contributed by atoms with Gasteiger partial charge in [0.25, 0.3) is 0 Å². The molecule has 0 saturated heterocycles. The van der Waals surface area contributed by atoms with E-state index >= 15 is 0 Å². The van der Waals surface area contributed by atoms with E-state index in [4.69, 9.17) is 27.3 Å². The van der Waals surface area contributed by atoms with E-state index < -0.39 is 0 Å². The molecule has 21 heavy (non-hydrogen) atoms. The fourth-order valence-electron chi connectivity index (χ4n) is 2.07. The molecule has 5 heteroatoms. The Bertz CT molecular complexity index is 871. The average molecular weight is 296 g/mol. The summed E-state index contributed by atoms with van der Waals surface area (Å²) in [6.45, 7) is 0. The van der Waals surface area contributed by atoms with Gasteiger partial charge in [0.2, 0.25) is 5.88 Å². The molecule has 102 valence electrons. The molecule has 0 bridgehead atoms. The number of anilines is 1. The number of hydrogen-bond acceptors (Lipinski definition) is 4. The highest BCUT2D eigenvalue weighted by molar-refractivity contribution is 6.33. The quantitative estimate of drug-likeness (QED) is 0.721. The molecule has 0 amide bonds. The van der Waals surface area contributed by atoms with Crippen molar-refractivity contribution in [1.29, 1.82) is 5.26 Å². The largest absolute Gasteiger partial charge is 0.437 e. The first-order valence-electron chi connectivity index (χ1n) is 6.20. The third-order valence-corrected chi connectivity index (χ3v) is 3.47. The van der Waals surface area contributed by atoms with Gasteiger partial charge in [0, 0.05) is 22.7 Å². The van der Waals surface area contributed by atoms with Gasteiger partial charge in [0.05, 0.1) is 5.56 Å². The lowest BCUT2D eigenvalue weighted by atomic mass is 10.1. The summed E-state index contributed by atoms with van der Waals surface area (Å²) in [5, 5.41) is 10.9. The van der Waals surface area contributed by atoms with Gasteiger partial charge in [-0.3, -0.25) is 0 Å². The van der Waals surface area contributed by atoms with Crippen molar-refractivity contribution in [2.24, 2.45) is 0 Å². The number of ether oxygens (including phenoxy) is 1. The van der Waals surface area contributed by atoms with Gasteiger partial charge in [-0.05, 0) is 18.2 Å². The summed E-state index contributed by atoms with van der Waals surface area (Å²) in [5.41, 5.74) is 6.94. The molecule has 0 spiro atoms. The molecule has 0 radical (unpaired) electrons. The first kappa shape index (κ1) is 13.2. The number of nitrogens with zero attached hydrogens (tertiary/aromatic N) is 2. The Kier molecular flexibility index (Phi) is 3.35. The second-order valence-corrected chi connectivity index (χ2v) is 4.77. The number of nitrogens with two attached hydrogens (primary N) is 1. The van der Waals surface area contributed by atoms with Crippen LogP contribution in [0, 0.1) is 11.3 Å². The van der Waals surface area contributed by atoms with Gasteiger partial charge in [0.1, 0.15) is 16.8 Å². The maximum absolute atomic E-state index is 8.98. The molecule has 0 unspecified atom stereocenters. The number of nitriles is 1. The molecule has 2 N–H and O–H groups in total. The standard InChI is InChI=1S/C16H10ClN3O/c17-15-10(9-18)7-8-20-16(15)21-14-6-5-13(19)11-3-1-2-4-12(11)14/h1-8H,19H2. The first-order valence-corrected chi connectivity index (χ1v) is 6.58. The van der Waals surface area contributed by atoms with Crippen molar-refractivity contribution in [2.45, 2.75) is 0 Å². The third kappa shape index (κ3) is 2.35. The van der Waals surface area contributed by atoms with E-state index in [1.54, 1.807) is 12.1 Å². The summed E-state index contributed by atoms with van der Waals surface area (Å²) >= 11 is 6.11. The number of hydrogen-bond donors (Lipinski definition) is 1. The van der Waals surface area contributed by atoms with Crippen molar-refractivity contribution < 1.29 is 4.74 Å². The van der Waals surface area contributed by atoms with E-state index in [1.807, 2.05) is 30.3 Å². The van der Waals surface area contributed by atoms with Crippen LogP contribution in [0.2, 0.25) is 5.02 Å². The lowest BCUT2D eigenvalue weighted by Gasteiger charge is -2.11. The molecule has 0 atom stereocenters. The Balaban J connectivity index is 2.12. The monoisotopic (exact) mass is 295 g/mol. The molecule has 0 saturated carbocycles. The average Bonchev–Trinajstić information content (AvgIpc) is 2.52. The normalized spacial score (nSPS) is 10.3. The summed E-state index contributed by atoms with van der Waals surface area (Å²) in [5.74, 6) is 0.787. The van der Waals surface area contributed by atoms with Gasteiger partial charge in [-0.1, -0.05) is 35.9 Å². The molecule has 0 aliphatic carbocycles. The number of benzene rings is 2. The van der Waals surface area contributed by atoms with Crippen LogP contribution in [-0.4, -0.2) is 4.98 Å². The number of fused-ring (bicyclic) bond motifs is 1. The van der Waals surface area contributed by atoms with Crippen LogP contribution in [-0.2, 0) is 0 Å². The highest BCUT2D eigenvalue weighted by atomic mass is 35.5. The maximum Gasteiger partial charge on any atom is 0.239 e. The molecule has 3 aromatic rings. The van der Waals surface area contributed by atoms with Gasteiger partial charge < -0.3 is 10.5 Å². The zero-order valence-corrected chi connectivity index (χ0v) is 11.6. The molecule has 0 fully saturated rings. The Hall–Kier alpha value is -2.77. The van der Waals surface area contributed by atoms with Crippen LogP contribution >= 0.6 is 11.6 Å². The summed E-state index contributed by atoms with van der Waals surface area (Å²) in [4.78, 5) is 4.07. The minimum Gasteiger partial charge on any atom is -0.437 e. The van der Waals surface area contributed by atoms with Crippen molar-refractivity contribution in [2.75, 3.05) is 5.73 Å². The van der Waals surface area contributed by atoms with E-state index in [2.05, 4.69) is 4.98 Å². The lowest BCUT2D eigenvalue weighted by Crippen LogP contribution is -1.93. The van der Waals surface area contributed by atoms with Crippen LogP contribution in [0.4, 0.5) is 5.69 Å². The predicted octanol–water partition coefficient (Wildman–Crippen LogP) is 4.13. The molecular weight excluding hydrogens is 286 g/mol. The Morgan fingerprint density at radius 3 is 2.62 bits per heavy atom. The molecule has 0 aliphatic rings. The molecule has 1 aromatic heterocycles. The van der Waals surface area contributed by atoms with Crippen molar-refractivity contribution in [1.82, 2.24) is 4.98 Å². The van der Waals surface area contributed by atoms with Crippen LogP contribution in [0.15, 0.2) is 48.7 Å². The van der Waals surface area contributed by atoms with Crippen LogP contribution in [0.5, 0.6) is 11.6 Å². The summed E-state index contributed by atoms with van der Waals surface area (Å²) < 4.78 is 5.77. The topological polar surface area (TPSA) is 71.9 Å². The number of pyridine rings is 1. The Labute approximate surface area is 126 Å². The smallest absolute Gasteiger partial charge is 0.239 e. The van der Waals surface area contributed by atoms with E-state index in [0.717, 1.165) is 10.8 Å². The zero-order chi connectivity index (χ0) is 14.8. The molecule has 0 aliphatic heterocycles. The predicted molar refractivity (Wildman–Crippen MR) is 82.4 cm³/mol.